The Morgan fingerprint density at radius 2 is 2.15 bits per heavy atom. The molecule has 3 nitrogen and oxygen atoms in total. The highest BCUT2D eigenvalue weighted by molar-refractivity contribution is 7.09. The molecule has 1 unspecified atom stereocenters. The zero-order valence-electron chi connectivity index (χ0n) is 11.6. The Kier molecular flexibility index (Phi) is 4.68. The Labute approximate surface area is 128 Å². The van der Waals surface area contributed by atoms with Crippen molar-refractivity contribution in [3.8, 4) is 0 Å². The molecule has 1 atom stereocenters. The van der Waals surface area contributed by atoms with Gasteiger partial charge in [-0.3, -0.25) is 5.41 Å². The van der Waals surface area contributed by atoms with E-state index in [9.17, 15) is 0 Å². The van der Waals surface area contributed by atoms with Gasteiger partial charge in [0.15, 0.2) is 0 Å². The number of nitrogens with one attached hydrogen (secondary N) is 1. The molecule has 2 aromatic rings. The third kappa shape index (κ3) is 3.14. The molecule has 0 fully saturated rings. The lowest BCUT2D eigenvalue weighted by Crippen LogP contribution is -2.32. The number of nitrogens with zero attached hydrogens (tertiary/aromatic N) is 1. The zero-order valence-corrected chi connectivity index (χ0v) is 13.1. The van der Waals surface area contributed by atoms with Gasteiger partial charge in [-0.25, -0.2) is 0 Å². The molecule has 1 heterocycles. The van der Waals surface area contributed by atoms with Crippen molar-refractivity contribution in [2.24, 2.45) is 5.73 Å². The SMILES string of the molecule is CC(Cc1cccs1)N(C)c1cccc(Cl)c1C(=N)N. The van der Waals surface area contributed by atoms with Crippen molar-refractivity contribution in [1.29, 1.82) is 5.41 Å². The number of benzene rings is 1. The van der Waals surface area contributed by atoms with Gasteiger partial charge in [-0.15, -0.1) is 11.3 Å². The minimum absolute atomic E-state index is 0.000716. The van der Waals surface area contributed by atoms with E-state index in [1.165, 1.54) is 4.88 Å². The van der Waals surface area contributed by atoms with Crippen LogP contribution in [0.15, 0.2) is 35.7 Å². The number of hydrogen-bond acceptors (Lipinski definition) is 3. The number of amidine groups is 1. The molecule has 5 heteroatoms. The number of nitrogen functional groups attached to an aromatic ring is 1. The average Bonchev–Trinajstić information content (AvgIpc) is 2.89. The van der Waals surface area contributed by atoms with Crippen molar-refractivity contribution in [3.63, 3.8) is 0 Å². The molecule has 1 aromatic heterocycles. The molecule has 0 spiro atoms. The summed E-state index contributed by atoms with van der Waals surface area (Å²) in [5.74, 6) is 0.000716. The lowest BCUT2D eigenvalue weighted by atomic mass is 10.1. The van der Waals surface area contributed by atoms with E-state index in [4.69, 9.17) is 22.7 Å². The van der Waals surface area contributed by atoms with Gasteiger partial charge < -0.3 is 10.6 Å². The molecule has 20 heavy (non-hydrogen) atoms. The number of thiophene rings is 1. The van der Waals surface area contributed by atoms with Gasteiger partial charge >= 0.3 is 0 Å². The van der Waals surface area contributed by atoms with E-state index in [0.29, 0.717) is 16.6 Å². The molecular weight excluding hydrogens is 290 g/mol. The summed E-state index contributed by atoms with van der Waals surface area (Å²) in [5.41, 5.74) is 7.17. The second-order valence-electron chi connectivity index (χ2n) is 4.79. The first-order valence-electron chi connectivity index (χ1n) is 6.39. The maximum Gasteiger partial charge on any atom is 0.126 e. The van der Waals surface area contributed by atoms with Gasteiger partial charge in [-0.05, 0) is 30.5 Å². The molecule has 0 aliphatic heterocycles. The number of likely N-dealkylation sites (N-methyl/N-ethyl adjacent to an activating group) is 1. The molecule has 0 saturated carbocycles. The largest absolute Gasteiger partial charge is 0.384 e. The van der Waals surface area contributed by atoms with Crippen LogP contribution in [0.2, 0.25) is 5.02 Å². The first kappa shape index (κ1) is 14.9. The number of halogens is 1. The number of rotatable bonds is 5. The van der Waals surface area contributed by atoms with Crippen LogP contribution in [0.4, 0.5) is 5.69 Å². The van der Waals surface area contributed by atoms with Gasteiger partial charge in [0, 0.05) is 30.1 Å². The van der Waals surface area contributed by atoms with E-state index in [0.717, 1.165) is 12.1 Å². The maximum atomic E-state index is 7.72. The zero-order chi connectivity index (χ0) is 14.7. The van der Waals surface area contributed by atoms with Gasteiger partial charge in [0.1, 0.15) is 5.84 Å². The van der Waals surface area contributed by atoms with E-state index in [1.807, 2.05) is 19.2 Å². The van der Waals surface area contributed by atoms with Crippen LogP contribution in [0, 0.1) is 5.41 Å². The van der Waals surface area contributed by atoms with Crippen molar-refractivity contribution in [1.82, 2.24) is 0 Å². The summed E-state index contributed by atoms with van der Waals surface area (Å²) >= 11 is 7.93. The number of nitrogens with two attached hydrogens (primary N) is 1. The minimum atomic E-state index is 0.000716. The van der Waals surface area contributed by atoms with Crippen LogP contribution in [0.5, 0.6) is 0 Å². The molecule has 0 bridgehead atoms. The van der Waals surface area contributed by atoms with Crippen molar-refractivity contribution < 1.29 is 0 Å². The van der Waals surface area contributed by atoms with Gasteiger partial charge in [-0.2, -0.15) is 0 Å². The van der Waals surface area contributed by atoms with Gasteiger partial charge in [-0.1, -0.05) is 23.7 Å². The molecule has 0 aliphatic rings. The second-order valence-corrected chi connectivity index (χ2v) is 6.23. The van der Waals surface area contributed by atoms with Gasteiger partial charge in [0.2, 0.25) is 0 Å². The Balaban J connectivity index is 2.26. The van der Waals surface area contributed by atoms with Crippen LogP contribution in [-0.4, -0.2) is 18.9 Å². The lowest BCUT2D eigenvalue weighted by molar-refractivity contribution is 0.688. The summed E-state index contributed by atoms with van der Waals surface area (Å²) in [6, 6.07) is 10.1. The molecule has 3 N–H and O–H groups in total. The molecule has 106 valence electrons. The fourth-order valence-electron chi connectivity index (χ4n) is 2.17. The monoisotopic (exact) mass is 307 g/mol. The van der Waals surface area contributed by atoms with Gasteiger partial charge in [0.25, 0.3) is 0 Å². The Bertz CT molecular complexity index is 595. The van der Waals surface area contributed by atoms with E-state index in [2.05, 4.69) is 29.3 Å². The Hall–Kier alpha value is -1.52. The standard InChI is InChI=1S/C15H18ClN3S/c1-10(9-11-5-4-8-20-11)19(2)13-7-3-6-12(16)14(13)15(17)18/h3-8,10H,9H2,1-2H3,(H3,17,18). The van der Waals surface area contributed by atoms with Gasteiger partial charge in [0.05, 0.1) is 10.6 Å². The Morgan fingerprint density at radius 1 is 1.40 bits per heavy atom. The molecule has 0 radical (unpaired) electrons. The first-order valence-corrected chi connectivity index (χ1v) is 7.64. The van der Waals surface area contributed by atoms with Crippen molar-refractivity contribution in [2.75, 3.05) is 11.9 Å². The quantitative estimate of drug-likeness (QED) is 0.653. The van der Waals surface area contributed by atoms with Crippen molar-refractivity contribution >= 4 is 34.5 Å². The van der Waals surface area contributed by atoms with E-state index < -0.39 is 0 Å². The summed E-state index contributed by atoms with van der Waals surface area (Å²) in [4.78, 5) is 3.47. The molecule has 2 rings (SSSR count). The predicted molar refractivity (Wildman–Crippen MR) is 88.4 cm³/mol. The van der Waals surface area contributed by atoms with E-state index in [-0.39, 0.29) is 5.84 Å². The van der Waals surface area contributed by atoms with Crippen LogP contribution in [-0.2, 0) is 6.42 Å². The van der Waals surface area contributed by atoms with Crippen LogP contribution in [0.25, 0.3) is 0 Å². The fraction of sp³-hybridized carbons (Fsp3) is 0.267. The molecule has 0 saturated heterocycles. The lowest BCUT2D eigenvalue weighted by Gasteiger charge is -2.29. The first-order chi connectivity index (χ1) is 9.50. The highest BCUT2D eigenvalue weighted by Crippen LogP contribution is 2.28. The molecular formula is C15H18ClN3S. The van der Waals surface area contributed by atoms with Crippen LogP contribution in [0.3, 0.4) is 0 Å². The third-order valence-electron chi connectivity index (χ3n) is 3.38. The van der Waals surface area contributed by atoms with Crippen LogP contribution < -0.4 is 10.6 Å². The highest BCUT2D eigenvalue weighted by Gasteiger charge is 2.17. The van der Waals surface area contributed by atoms with Crippen molar-refractivity contribution in [2.45, 2.75) is 19.4 Å². The maximum absolute atomic E-state index is 7.72. The minimum Gasteiger partial charge on any atom is -0.384 e. The third-order valence-corrected chi connectivity index (χ3v) is 4.59. The summed E-state index contributed by atoms with van der Waals surface area (Å²) < 4.78 is 0. The summed E-state index contributed by atoms with van der Waals surface area (Å²) in [6.45, 7) is 2.16. The van der Waals surface area contributed by atoms with Crippen molar-refractivity contribution in [3.05, 3.63) is 51.2 Å². The van der Waals surface area contributed by atoms with E-state index in [1.54, 1.807) is 17.4 Å². The topological polar surface area (TPSA) is 53.1 Å². The second kappa shape index (κ2) is 6.29. The molecule has 0 amide bonds. The van der Waals surface area contributed by atoms with Crippen LogP contribution >= 0.6 is 22.9 Å². The summed E-state index contributed by atoms with van der Waals surface area (Å²) in [6.07, 6.45) is 0.956. The average molecular weight is 308 g/mol. The fourth-order valence-corrected chi connectivity index (χ4v) is 3.27. The molecule has 0 aliphatic carbocycles. The predicted octanol–water partition coefficient (Wildman–Crippen LogP) is 3.75. The number of anilines is 1. The smallest absolute Gasteiger partial charge is 0.126 e. The number of hydrogen-bond donors (Lipinski definition) is 2. The van der Waals surface area contributed by atoms with Crippen LogP contribution in [0.1, 0.15) is 17.4 Å². The summed E-state index contributed by atoms with van der Waals surface area (Å²) in [5, 5.41) is 10.3. The highest BCUT2D eigenvalue weighted by atomic mass is 35.5. The van der Waals surface area contributed by atoms with E-state index >= 15 is 0 Å². The molecule has 1 aromatic carbocycles. The summed E-state index contributed by atoms with van der Waals surface area (Å²) in [7, 11) is 2.01. The Morgan fingerprint density at radius 3 is 2.75 bits per heavy atom. The normalized spacial score (nSPS) is 12.2.